The first-order valence-electron chi connectivity index (χ1n) is 9.79. The molecule has 2 aromatic rings. The molecule has 0 unspecified atom stereocenters. The molecule has 0 radical (unpaired) electrons. The minimum Gasteiger partial charge on any atom is -0.450 e. The molecule has 8 nitrogen and oxygen atoms in total. The smallest absolute Gasteiger partial charge is 0.409 e. The Labute approximate surface area is 187 Å². The summed E-state index contributed by atoms with van der Waals surface area (Å²) in [6.45, 7) is 3.69. The molecule has 0 saturated carbocycles. The molecule has 10 heteroatoms. The highest BCUT2D eigenvalue weighted by Crippen LogP contribution is 2.24. The van der Waals surface area contributed by atoms with Crippen molar-refractivity contribution in [2.75, 3.05) is 44.1 Å². The Morgan fingerprint density at radius 3 is 2.06 bits per heavy atom. The number of rotatable bonds is 5. The van der Waals surface area contributed by atoms with Gasteiger partial charge in [0.15, 0.2) is 0 Å². The van der Waals surface area contributed by atoms with E-state index in [4.69, 9.17) is 16.3 Å². The normalized spacial score (nSPS) is 14.3. The van der Waals surface area contributed by atoms with Crippen LogP contribution in [0, 0.1) is 0 Å². The third-order valence-electron chi connectivity index (χ3n) is 5.04. The van der Waals surface area contributed by atoms with Gasteiger partial charge in [0.2, 0.25) is 0 Å². The molecule has 0 N–H and O–H groups in total. The molecule has 31 heavy (non-hydrogen) atoms. The van der Waals surface area contributed by atoms with E-state index in [2.05, 4.69) is 0 Å². The van der Waals surface area contributed by atoms with Gasteiger partial charge in [-0.25, -0.2) is 13.2 Å². The first kappa shape index (κ1) is 22.9. The van der Waals surface area contributed by atoms with Crippen LogP contribution in [0.3, 0.4) is 0 Å². The summed E-state index contributed by atoms with van der Waals surface area (Å²) in [5, 5.41) is 0.451. The van der Waals surface area contributed by atoms with Crippen molar-refractivity contribution in [2.45, 2.75) is 11.8 Å². The van der Waals surface area contributed by atoms with Crippen molar-refractivity contribution in [3.63, 3.8) is 0 Å². The zero-order valence-electron chi connectivity index (χ0n) is 17.3. The van der Waals surface area contributed by atoms with Gasteiger partial charge in [-0.15, -0.1) is 0 Å². The number of hydrogen-bond acceptors (Lipinski definition) is 5. The minimum absolute atomic E-state index is 0.124. The van der Waals surface area contributed by atoms with E-state index in [9.17, 15) is 18.0 Å². The van der Waals surface area contributed by atoms with Crippen LogP contribution in [0.5, 0.6) is 0 Å². The monoisotopic (exact) mass is 465 g/mol. The first-order chi connectivity index (χ1) is 14.7. The third-order valence-corrected chi connectivity index (χ3v) is 7.09. The number of sulfonamides is 1. The quantitative estimate of drug-likeness (QED) is 0.677. The van der Waals surface area contributed by atoms with Crippen LogP contribution in [-0.2, 0) is 14.8 Å². The molecular weight excluding hydrogens is 442 g/mol. The molecule has 2 aromatic carbocycles. The lowest BCUT2D eigenvalue weighted by molar-refractivity contribution is 0.0570. The number of anilines is 1. The number of halogens is 1. The van der Waals surface area contributed by atoms with Crippen LogP contribution in [0.25, 0.3) is 0 Å². The van der Waals surface area contributed by atoms with Crippen LogP contribution in [0.15, 0.2) is 53.4 Å². The third kappa shape index (κ3) is 5.11. The molecular formula is C21H24ClN3O5S. The Balaban J connectivity index is 1.66. The number of ether oxygens (including phenoxy) is 1. The maximum atomic E-state index is 12.8. The number of piperazine rings is 1. The largest absolute Gasteiger partial charge is 0.450 e. The second-order valence-electron chi connectivity index (χ2n) is 6.95. The topological polar surface area (TPSA) is 87.2 Å². The fourth-order valence-corrected chi connectivity index (χ4v) is 4.53. The second kappa shape index (κ2) is 9.57. The van der Waals surface area contributed by atoms with Crippen molar-refractivity contribution in [3.05, 3.63) is 59.1 Å². The van der Waals surface area contributed by atoms with E-state index in [-0.39, 0.29) is 16.9 Å². The maximum absolute atomic E-state index is 12.8. The van der Waals surface area contributed by atoms with Gasteiger partial charge in [0.1, 0.15) is 0 Å². The Bertz CT molecular complexity index is 1030. The summed E-state index contributed by atoms with van der Waals surface area (Å²) in [6.07, 6.45) is -0.371. The molecule has 0 bridgehead atoms. The molecule has 1 fully saturated rings. The van der Waals surface area contributed by atoms with Crippen LogP contribution < -0.4 is 4.31 Å². The van der Waals surface area contributed by atoms with Crippen molar-refractivity contribution >= 4 is 39.3 Å². The molecule has 1 saturated heterocycles. The van der Waals surface area contributed by atoms with Crippen LogP contribution in [0.4, 0.5) is 10.5 Å². The van der Waals surface area contributed by atoms with Gasteiger partial charge in [0.05, 0.1) is 17.2 Å². The summed E-state index contributed by atoms with van der Waals surface area (Å²) in [4.78, 5) is 27.9. The van der Waals surface area contributed by atoms with Gasteiger partial charge in [-0.1, -0.05) is 11.6 Å². The van der Waals surface area contributed by atoms with Crippen LogP contribution in [0.2, 0.25) is 5.02 Å². The van der Waals surface area contributed by atoms with Crippen LogP contribution >= 0.6 is 11.6 Å². The highest BCUT2D eigenvalue weighted by atomic mass is 35.5. The molecule has 166 valence electrons. The SMILES string of the molecule is CCOC(=O)N1CCN(C(=O)c2ccc(N(C)S(=O)(=O)c3ccc(Cl)cc3)cc2)CC1. The molecule has 0 aliphatic carbocycles. The van der Waals surface area contributed by atoms with Gasteiger partial charge in [-0.2, -0.15) is 0 Å². The van der Waals surface area contributed by atoms with Crippen LogP contribution in [0.1, 0.15) is 17.3 Å². The van der Waals surface area contributed by atoms with Gasteiger partial charge < -0.3 is 14.5 Å². The highest BCUT2D eigenvalue weighted by Gasteiger charge is 2.26. The van der Waals surface area contributed by atoms with E-state index in [1.807, 2.05) is 0 Å². The fraction of sp³-hybridized carbons (Fsp3) is 0.333. The first-order valence-corrected chi connectivity index (χ1v) is 11.6. The van der Waals surface area contributed by atoms with Crippen molar-refractivity contribution in [1.82, 2.24) is 9.80 Å². The Morgan fingerprint density at radius 2 is 1.52 bits per heavy atom. The Hall–Kier alpha value is -2.78. The summed E-state index contributed by atoms with van der Waals surface area (Å²) in [5.74, 6) is -0.168. The van der Waals surface area contributed by atoms with Gasteiger partial charge in [0, 0.05) is 43.8 Å². The van der Waals surface area contributed by atoms with E-state index >= 15 is 0 Å². The molecule has 0 spiro atoms. The summed E-state index contributed by atoms with van der Waals surface area (Å²) in [7, 11) is -2.30. The minimum atomic E-state index is -3.75. The van der Waals surface area contributed by atoms with Gasteiger partial charge >= 0.3 is 6.09 Å². The van der Waals surface area contributed by atoms with Crippen LogP contribution in [-0.4, -0.2) is 70.1 Å². The average Bonchev–Trinajstić information content (AvgIpc) is 2.79. The number of amides is 2. The standard InChI is InChI=1S/C21H24ClN3O5S/c1-3-30-21(27)25-14-12-24(13-15-25)20(26)16-4-8-18(9-5-16)23(2)31(28,29)19-10-6-17(22)7-11-19/h4-11H,3,12-15H2,1-2H3. The van der Waals surface area contributed by atoms with Crippen molar-refractivity contribution in [2.24, 2.45) is 0 Å². The molecule has 1 aliphatic rings. The van der Waals surface area contributed by atoms with E-state index < -0.39 is 10.0 Å². The number of carbonyl (C=O) groups excluding carboxylic acids is 2. The van der Waals surface area contributed by atoms with Crippen molar-refractivity contribution in [3.8, 4) is 0 Å². The zero-order valence-corrected chi connectivity index (χ0v) is 18.9. The Kier molecular flexibility index (Phi) is 7.07. The molecule has 3 rings (SSSR count). The summed E-state index contributed by atoms with van der Waals surface area (Å²) >= 11 is 5.84. The molecule has 0 aromatic heterocycles. The lowest BCUT2D eigenvalue weighted by Crippen LogP contribution is -2.50. The number of carbonyl (C=O) groups is 2. The summed E-state index contributed by atoms with van der Waals surface area (Å²) < 4.78 is 31.8. The lowest BCUT2D eigenvalue weighted by atomic mass is 10.1. The predicted molar refractivity (Wildman–Crippen MR) is 118 cm³/mol. The fourth-order valence-electron chi connectivity index (χ4n) is 3.21. The summed E-state index contributed by atoms with van der Waals surface area (Å²) in [6, 6.07) is 12.3. The average molecular weight is 466 g/mol. The van der Waals surface area contributed by atoms with E-state index in [1.54, 1.807) is 41.0 Å². The lowest BCUT2D eigenvalue weighted by Gasteiger charge is -2.34. The van der Waals surface area contributed by atoms with E-state index in [1.165, 1.54) is 31.3 Å². The van der Waals surface area contributed by atoms with Crippen molar-refractivity contribution in [1.29, 1.82) is 0 Å². The Morgan fingerprint density at radius 1 is 0.968 bits per heavy atom. The predicted octanol–water partition coefficient (Wildman–Crippen LogP) is 3.08. The molecule has 1 aliphatic heterocycles. The van der Waals surface area contributed by atoms with E-state index in [0.717, 1.165) is 4.31 Å². The van der Waals surface area contributed by atoms with Crippen molar-refractivity contribution < 1.29 is 22.7 Å². The second-order valence-corrected chi connectivity index (χ2v) is 9.36. The van der Waals surface area contributed by atoms with Gasteiger partial charge in [0.25, 0.3) is 15.9 Å². The number of hydrogen-bond donors (Lipinski definition) is 0. The van der Waals surface area contributed by atoms with Gasteiger partial charge in [-0.3, -0.25) is 9.10 Å². The number of nitrogens with zero attached hydrogens (tertiary/aromatic N) is 3. The zero-order chi connectivity index (χ0) is 22.6. The highest BCUT2D eigenvalue weighted by molar-refractivity contribution is 7.92. The molecule has 0 atom stereocenters. The molecule has 1 heterocycles. The molecule has 2 amide bonds. The van der Waals surface area contributed by atoms with Gasteiger partial charge in [-0.05, 0) is 55.5 Å². The number of benzene rings is 2. The summed E-state index contributed by atoms with van der Waals surface area (Å²) in [5.41, 5.74) is 0.879. The van der Waals surface area contributed by atoms with E-state index in [0.29, 0.717) is 49.1 Å². The maximum Gasteiger partial charge on any atom is 0.409 e.